The summed E-state index contributed by atoms with van der Waals surface area (Å²) in [5.74, 6) is -0.200. The lowest BCUT2D eigenvalue weighted by molar-refractivity contribution is -0.141. The Bertz CT molecular complexity index is 1100. The van der Waals surface area contributed by atoms with Gasteiger partial charge in [-0.25, -0.2) is 9.50 Å². The summed E-state index contributed by atoms with van der Waals surface area (Å²) in [6, 6.07) is 4.22. The normalized spacial score (nSPS) is 15.5. The molecular weight excluding hydrogens is 397 g/mol. The van der Waals surface area contributed by atoms with Crippen molar-refractivity contribution in [2.24, 2.45) is 0 Å². The quantitative estimate of drug-likeness (QED) is 0.588. The van der Waals surface area contributed by atoms with E-state index >= 15 is 0 Å². The molecule has 1 fully saturated rings. The number of ketones is 1. The van der Waals surface area contributed by atoms with Crippen molar-refractivity contribution in [1.29, 1.82) is 0 Å². The maximum absolute atomic E-state index is 12.9. The first-order valence-electron chi connectivity index (χ1n) is 9.59. The van der Waals surface area contributed by atoms with E-state index in [4.69, 9.17) is 4.74 Å². The fourth-order valence-electron chi connectivity index (χ4n) is 3.90. The van der Waals surface area contributed by atoms with Crippen molar-refractivity contribution in [3.8, 4) is 0 Å². The van der Waals surface area contributed by atoms with Gasteiger partial charge in [0, 0.05) is 49.4 Å². The van der Waals surface area contributed by atoms with Gasteiger partial charge in [-0.05, 0) is 37.5 Å². The number of pyridine rings is 1. The Morgan fingerprint density at radius 3 is 2.67 bits per heavy atom. The Kier molecular flexibility index (Phi) is 5.09. The Morgan fingerprint density at radius 2 is 2.00 bits per heavy atom. The second kappa shape index (κ2) is 7.46. The van der Waals surface area contributed by atoms with E-state index in [0.717, 1.165) is 42.1 Å². The molecule has 0 N–H and O–H groups in total. The number of Topliss-reactive ketones (excluding diaryl/α,β-unsaturated/α-hetero) is 1. The predicted molar refractivity (Wildman–Crippen MR) is 102 cm³/mol. The van der Waals surface area contributed by atoms with Gasteiger partial charge in [0.2, 0.25) is 0 Å². The number of alkyl halides is 3. The minimum absolute atomic E-state index is 0.0618. The number of halogens is 3. The minimum atomic E-state index is -4.54. The predicted octanol–water partition coefficient (Wildman–Crippen LogP) is 3.48. The highest BCUT2D eigenvalue weighted by Crippen LogP contribution is 2.49. The molecule has 0 spiro atoms. The number of fused-ring (bicyclic) bond motifs is 1. The molecule has 0 bridgehead atoms. The van der Waals surface area contributed by atoms with Crippen LogP contribution in [0.3, 0.4) is 0 Å². The molecule has 3 heterocycles. The lowest BCUT2D eigenvalue weighted by atomic mass is 9.94. The van der Waals surface area contributed by atoms with Crippen LogP contribution in [0.15, 0.2) is 30.6 Å². The molecular formula is C21H21F3N4O2. The van der Waals surface area contributed by atoms with E-state index in [2.05, 4.69) is 15.1 Å². The molecule has 0 saturated heterocycles. The second-order valence-electron chi connectivity index (χ2n) is 7.84. The molecule has 0 unspecified atom stereocenters. The average molecular weight is 418 g/mol. The van der Waals surface area contributed by atoms with Gasteiger partial charge < -0.3 is 4.74 Å². The highest BCUT2D eigenvalue weighted by atomic mass is 19.4. The number of methoxy groups -OCH3 is 1. The summed E-state index contributed by atoms with van der Waals surface area (Å²) in [4.78, 5) is 20.5. The molecule has 0 aliphatic heterocycles. The standard InChI is InChI=1S/C21H21F3N4O2/c1-13-7-18-26-11-15(19(28(18)27-13)20(4-5-20)12-30-2)10-16(29)8-14-3-6-25-17(9-14)21(22,23)24/h3,6-7,9,11H,4-5,8,10,12H2,1-2H3. The van der Waals surface area contributed by atoms with Gasteiger partial charge >= 0.3 is 6.18 Å². The highest BCUT2D eigenvalue weighted by Gasteiger charge is 2.48. The van der Waals surface area contributed by atoms with Crippen LogP contribution in [-0.4, -0.2) is 39.1 Å². The topological polar surface area (TPSA) is 69.4 Å². The number of nitrogens with zero attached hydrogens (tertiary/aromatic N) is 4. The number of carbonyl (C=O) groups is 1. The second-order valence-corrected chi connectivity index (χ2v) is 7.84. The maximum Gasteiger partial charge on any atom is 0.433 e. The van der Waals surface area contributed by atoms with Gasteiger partial charge in [-0.2, -0.15) is 18.3 Å². The van der Waals surface area contributed by atoms with Crippen molar-refractivity contribution in [2.75, 3.05) is 13.7 Å². The van der Waals surface area contributed by atoms with E-state index in [9.17, 15) is 18.0 Å². The zero-order chi connectivity index (χ0) is 21.5. The fraction of sp³-hybridized carbons (Fsp3) is 0.429. The number of hydrogen-bond donors (Lipinski definition) is 0. The van der Waals surface area contributed by atoms with Crippen LogP contribution < -0.4 is 0 Å². The molecule has 6 nitrogen and oxygen atoms in total. The van der Waals surface area contributed by atoms with Gasteiger partial charge in [-0.15, -0.1) is 0 Å². The lowest BCUT2D eigenvalue weighted by Gasteiger charge is -2.19. The molecule has 3 aromatic rings. The zero-order valence-electron chi connectivity index (χ0n) is 16.7. The molecule has 1 aliphatic rings. The monoisotopic (exact) mass is 418 g/mol. The van der Waals surface area contributed by atoms with Crippen LogP contribution >= 0.6 is 0 Å². The van der Waals surface area contributed by atoms with Gasteiger partial charge in [-0.3, -0.25) is 9.78 Å². The fourth-order valence-corrected chi connectivity index (χ4v) is 3.90. The van der Waals surface area contributed by atoms with E-state index in [1.165, 1.54) is 6.07 Å². The van der Waals surface area contributed by atoms with Gasteiger partial charge in [0.05, 0.1) is 18.0 Å². The number of ether oxygens (including phenoxy) is 1. The first-order valence-corrected chi connectivity index (χ1v) is 9.59. The molecule has 9 heteroatoms. The van der Waals surface area contributed by atoms with Crippen molar-refractivity contribution in [3.05, 3.63) is 58.8 Å². The Labute approximate surface area is 171 Å². The molecule has 3 aromatic heterocycles. The average Bonchev–Trinajstić information content (AvgIpc) is 3.33. The van der Waals surface area contributed by atoms with Crippen LogP contribution in [0.5, 0.6) is 0 Å². The first kappa shape index (κ1) is 20.5. The summed E-state index contributed by atoms with van der Waals surface area (Å²) >= 11 is 0. The van der Waals surface area contributed by atoms with Crippen LogP contribution in [0.1, 0.15) is 41.1 Å². The number of aromatic nitrogens is 4. The summed E-state index contributed by atoms with van der Waals surface area (Å²) < 4.78 is 45.9. The molecule has 30 heavy (non-hydrogen) atoms. The summed E-state index contributed by atoms with van der Waals surface area (Å²) in [6.07, 6.45) is -0.0109. The molecule has 0 atom stereocenters. The smallest absolute Gasteiger partial charge is 0.384 e. The Balaban J connectivity index is 1.63. The van der Waals surface area contributed by atoms with Crippen LogP contribution in [0.25, 0.3) is 5.65 Å². The highest BCUT2D eigenvalue weighted by molar-refractivity contribution is 5.83. The van der Waals surface area contributed by atoms with Crippen LogP contribution in [0.4, 0.5) is 13.2 Å². The van der Waals surface area contributed by atoms with Crippen LogP contribution in [0.2, 0.25) is 0 Å². The van der Waals surface area contributed by atoms with Crippen molar-refractivity contribution in [1.82, 2.24) is 19.6 Å². The van der Waals surface area contributed by atoms with Crippen LogP contribution in [-0.2, 0) is 34.0 Å². The van der Waals surface area contributed by atoms with Crippen molar-refractivity contribution < 1.29 is 22.7 Å². The number of rotatable bonds is 7. The van der Waals surface area contributed by atoms with Crippen LogP contribution in [0, 0.1) is 6.92 Å². The third-order valence-electron chi connectivity index (χ3n) is 5.36. The number of carbonyl (C=O) groups excluding carboxylic acids is 1. The molecule has 1 aliphatic carbocycles. The first-order chi connectivity index (χ1) is 14.2. The summed E-state index contributed by atoms with van der Waals surface area (Å²) in [5.41, 5.74) is 2.22. The summed E-state index contributed by atoms with van der Waals surface area (Å²) in [5, 5.41) is 4.55. The van der Waals surface area contributed by atoms with E-state index in [1.54, 1.807) is 17.8 Å². The summed E-state index contributed by atoms with van der Waals surface area (Å²) in [7, 11) is 1.64. The van der Waals surface area contributed by atoms with Gasteiger partial charge in [-0.1, -0.05) is 0 Å². The SMILES string of the molecule is COCC1(c2c(CC(=O)Cc3ccnc(C(F)(F)F)c3)cnc3cc(C)nn23)CC1. The number of hydrogen-bond acceptors (Lipinski definition) is 5. The van der Waals surface area contributed by atoms with E-state index in [0.29, 0.717) is 12.3 Å². The lowest BCUT2D eigenvalue weighted by Crippen LogP contribution is -2.23. The molecule has 1 saturated carbocycles. The van der Waals surface area contributed by atoms with E-state index in [-0.39, 0.29) is 29.6 Å². The van der Waals surface area contributed by atoms with E-state index < -0.39 is 11.9 Å². The minimum Gasteiger partial charge on any atom is -0.384 e. The Hall–Kier alpha value is -2.81. The molecule has 0 radical (unpaired) electrons. The van der Waals surface area contributed by atoms with Gasteiger partial charge in [0.25, 0.3) is 0 Å². The summed E-state index contributed by atoms with van der Waals surface area (Å²) in [6.45, 7) is 2.38. The van der Waals surface area contributed by atoms with E-state index in [1.807, 2.05) is 13.0 Å². The van der Waals surface area contributed by atoms with Crippen molar-refractivity contribution >= 4 is 11.4 Å². The molecule has 0 aromatic carbocycles. The largest absolute Gasteiger partial charge is 0.433 e. The molecule has 0 amide bonds. The maximum atomic E-state index is 12.9. The van der Waals surface area contributed by atoms with Crippen molar-refractivity contribution in [3.63, 3.8) is 0 Å². The molecule has 4 rings (SSSR count). The van der Waals surface area contributed by atoms with Gasteiger partial charge in [0.15, 0.2) is 5.65 Å². The number of aryl methyl sites for hydroxylation is 1. The molecule has 158 valence electrons. The zero-order valence-corrected chi connectivity index (χ0v) is 16.7. The Morgan fingerprint density at radius 1 is 1.23 bits per heavy atom. The van der Waals surface area contributed by atoms with Gasteiger partial charge in [0.1, 0.15) is 11.5 Å². The third kappa shape index (κ3) is 3.94. The van der Waals surface area contributed by atoms with Crippen molar-refractivity contribution in [2.45, 2.75) is 44.2 Å². The third-order valence-corrected chi connectivity index (χ3v) is 5.36.